The molecule has 0 nitrogen and oxygen atoms in total. The van der Waals surface area contributed by atoms with Crippen molar-refractivity contribution in [3.05, 3.63) is 0 Å². The summed E-state index contributed by atoms with van der Waals surface area (Å²) in [6.07, 6.45) is 5.20. The smallest absolute Gasteiger partial charge is 0.00705 e. The number of unbranched alkanes of at least 4 members (excludes halogenated alkanes) is 1. The van der Waals surface area contributed by atoms with Gasteiger partial charge in [-0.05, 0) is 36.3 Å². The molecule has 0 heterocycles. The fraction of sp³-hybridized carbons (Fsp3) is 1.00. The highest BCUT2D eigenvalue weighted by atomic mass is 32.9. The van der Waals surface area contributed by atoms with E-state index < -0.39 is 5.24 Å². The predicted octanol–water partition coefficient (Wildman–Crippen LogP) is 5.23. The molecule has 0 unspecified atom stereocenters. The van der Waals surface area contributed by atoms with E-state index in [9.17, 15) is 0 Å². The summed E-state index contributed by atoms with van der Waals surface area (Å²) in [6.45, 7) is 11.5. The second-order valence-corrected chi connectivity index (χ2v) is 13.8. The van der Waals surface area contributed by atoms with Gasteiger partial charge >= 0.3 is 0 Å². The molecule has 0 radical (unpaired) electrons. The third-order valence-corrected chi connectivity index (χ3v) is 10.3. The monoisotopic (exact) mass is 266 g/mol. The number of hydrogen-bond donors (Lipinski definition) is 0. The Balaban J connectivity index is 4.21. The summed E-state index contributed by atoms with van der Waals surface area (Å²) in [5.41, 5.74) is 0. The average molecular weight is 266 g/mol. The lowest BCUT2D eigenvalue weighted by Gasteiger charge is -2.25. The molecule has 0 aromatic carbocycles. The predicted molar refractivity (Wildman–Crippen MR) is 81.1 cm³/mol. The van der Waals surface area contributed by atoms with Gasteiger partial charge in [0.05, 0.1) is 0 Å². The Bertz CT molecular complexity index is 186. The SMILES string of the molecule is CCCCSP(=S)(CC(C)C)CC(C)C. The second-order valence-electron chi connectivity index (χ2n) is 5.15. The Morgan fingerprint density at radius 3 is 1.87 bits per heavy atom. The van der Waals surface area contributed by atoms with Crippen molar-refractivity contribution in [2.45, 2.75) is 47.5 Å². The highest BCUT2D eigenvalue weighted by Crippen LogP contribution is 2.61. The molecule has 0 bridgehead atoms. The summed E-state index contributed by atoms with van der Waals surface area (Å²) in [5, 5.41) is -1.11. The van der Waals surface area contributed by atoms with Gasteiger partial charge in [0.1, 0.15) is 0 Å². The van der Waals surface area contributed by atoms with Crippen molar-refractivity contribution < 1.29 is 0 Å². The van der Waals surface area contributed by atoms with Crippen LogP contribution in [0.2, 0.25) is 0 Å². The molecule has 0 aliphatic heterocycles. The second kappa shape index (κ2) is 8.14. The van der Waals surface area contributed by atoms with Gasteiger partial charge in [0.2, 0.25) is 0 Å². The highest BCUT2D eigenvalue weighted by Gasteiger charge is 2.20. The van der Waals surface area contributed by atoms with E-state index in [2.05, 4.69) is 46.0 Å². The van der Waals surface area contributed by atoms with Gasteiger partial charge in [-0.3, -0.25) is 0 Å². The van der Waals surface area contributed by atoms with Crippen molar-refractivity contribution in [1.29, 1.82) is 0 Å². The molecule has 0 aliphatic carbocycles. The first-order valence-corrected chi connectivity index (χ1v) is 10.9. The van der Waals surface area contributed by atoms with Gasteiger partial charge < -0.3 is 0 Å². The van der Waals surface area contributed by atoms with E-state index in [1.165, 1.54) is 30.9 Å². The minimum atomic E-state index is -1.11. The van der Waals surface area contributed by atoms with Crippen molar-refractivity contribution in [3.63, 3.8) is 0 Å². The van der Waals surface area contributed by atoms with Crippen molar-refractivity contribution in [2.24, 2.45) is 11.8 Å². The normalized spacial score (nSPS) is 12.7. The summed E-state index contributed by atoms with van der Waals surface area (Å²) < 4.78 is 0. The van der Waals surface area contributed by atoms with E-state index in [4.69, 9.17) is 11.8 Å². The third-order valence-electron chi connectivity index (χ3n) is 2.11. The van der Waals surface area contributed by atoms with Crippen LogP contribution < -0.4 is 0 Å². The Morgan fingerprint density at radius 2 is 1.53 bits per heavy atom. The quantitative estimate of drug-likeness (QED) is 0.436. The van der Waals surface area contributed by atoms with E-state index in [0.717, 1.165) is 11.8 Å². The molecule has 3 heteroatoms. The van der Waals surface area contributed by atoms with Gasteiger partial charge in [0, 0.05) is 5.24 Å². The lowest BCUT2D eigenvalue weighted by atomic mass is 10.3. The summed E-state index contributed by atoms with van der Waals surface area (Å²) in [6, 6.07) is 0. The maximum atomic E-state index is 5.94. The zero-order valence-corrected chi connectivity index (χ0v) is 13.5. The van der Waals surface area contributed by atoms with Crippen molar-refractivity contribution in [3.8, 4) is 0 Å². The molecule has 0 N–H and O–H groups in total. The van der Waals surface area contributed by atoms with Gasteiger partial charge in [-0.1, -0.05) is 52.8 Å². The summed E-state index contributed by atoms with van der Waals surface area (Å²) in [5.74, 6) is 2.82. The van der Waals surface area contributed by atoms with Crippen LogP contribution in [0.4, 0.5) is 0 Å². The molecule has 0 fully saturated rings. The molecule has 0 rings (SSSR count). The minimum Gasteiger partial charge on any atom is -0.124 e. The van der Waals surface area contributed by atoms with Gasteiger partial charge in [0.25, 0.3) is 0 Å². The molecular weight excluding hydrogens is 239 g/mol. The molecule has 0 aliphatic rings. The van der Waals surface area contributed by atoms with Crippen LogP contribution in [0.5, 0.6) is 0 Å². The molecule has 0 spiro atoms. The zero-order chi connectivity index (χ0) is 11.9. The lowest BCUT2D eigenvalue weighted by molar-refractivity contribution is 0.722. The Morgan fingerprint density at radius 1 is 1.07 bits per heavy atom. The minimum absolute atomic E-state index is 0.767. The lowest BCUT2D eigenvalue weighted by Crippen LogP contribution is -2.04. The van der Waals surface area contributed by atoms with E-state index in [0.29, 0.717) is 0 Å². The van der Waals surface area contributed by atoms with Crippen LogP contribution in [0.15, 0.2) is 0 Å². The zero-order valence-electron chi connectivity index (χ0n) is 11.0. The maximum Gasteiger partial charge on any atom is 0.00705 e. The summed E-state index contributed by atoms with van der Waals surface area (Å²) in [4.78, 5) is 0. The maximum absolute atomic E-state index is 5.94. The van der Waals surface area contributed by atoms with Gasteiger partial charge in [0.15, 0.2) is 0 Å². The highest BCUT2D eigenvalue weighted by molar-refractivity contribution is 8.71. The molecule has 0 atom stereocenters. The van der Waals surface area contributed by atoms with Crippen LogP contribution in [0, 0.1) is 11.8 Å². The number of rotatable bonds is 8. The van der Waals surface area contributed by atoms with Crippen LogP contribution in [0.1, 0.15) is 47.5 Å². The Kier molecular flexibility index (Phi) is 8.69. The van der Waals surface area contributed by atoms with Crippen LogP contribution >= 0.6 is 16.6 Å². The van der Waals surface area contributed by atoms with Gasteiger partial charge in [-0.2, -0.15) is 0 Å². The average Bonchev–Trinajstić information content (AvgIpc) is 2.00. The van der Waals surface area contributed by atoms with Crippen LogP contribution in [0.3, 0.4) is 0 Å². The van der Waals surface area contributed by atoms with Crippen molar-refractivity contribution in [1.82, 2.24) is 0 Å². The van der Waals surface area contributed by atoms with Crippen LogP contribution in [-0.4, -0.2) is 18.1 Å². The van der Waals surface area contributed by atoms with Gasteiger partial charge in [-0.15, -0.1) is 11.4 Å². The Hall–Kier alpha value is 1.00. The molecule has 0 aromatic heterocycles. The van der Waals surface area contributed by atoms with Gasteiger partial charge in [-0.25, -0.2) is 0 Å². The molecule has 15 heavy (non-hydrogen) atoms. The first-order chi connectivity index (χ1) is 6.89. The molecule has 0 saturated heterocycles. The molecule has 92 valence electrons. The first-order valence-electron chi connectivity index (χ1n) is 6.12. The van der Waals surface area contributed by atoms with E-state index in [1.54, 1.807) is 0 Å². The molecule has 0 amide bonds. The Labute approximate surface area is 106 Å². The molecule has 0 aromatic rings. The molecule has 0 saturated carbocycles. The van der Waals surface area contributed by atoms with E-state index in [-0.39, 0.29) is 0 Å². The van der Waals surface area contributed by atoms with Crippen molar-refractivity contribution >= 4 is 28.4 Å². The summed E-state index contributed by atoms with van der Waals surface area (Å²) in [7, 11) is 0. The molecular formula is C12H27PS2. The number of hydrogen-bond acceptors (Lipinski definition) is 2. The summed E-state index contributed by atoms with van der Waals surface area (Å²) >= 11 is 8.07. The first kappa shape index (κ1) is 16.0. The van der Waals surface area contributed by atoms with Crippen LogP contribution in [0.25, 0.3) is 0 Å². The fourth-order valence-corrected chi connectivity index (χ4v) is 11.3. The van der Waals surface area contributed by atoms with Crippen LogP contribution in [-0.2, 0) is 11.8 Å². The largest absolute Gasteiger partial charge is 0.124 e. The fourth-order valence-electron chi connectivity index (χ4n) is 1.67. The van der Waals surface area contributed by atoms with Crippen molar-refractivity contribution in [2.75, 3.05) is 18.1 Å². The standard InChI is InChI=1S/C12H27PS2/c1-6-7-8-15-13(14,9-11(2)3)10-12(4)5/h11-12H,6-10H2,1-5H3. The third kappa shape index (κ3) is 8.77. The topological polar surface area (TPSA) is 0 Å². The van der Waals surface area contributed by atoms with E-state index >= 15 is 0 Å². The van der Waals surface area contributed by atoms with E-state index in [1.807, 2.05) is 0 Å².